The highest BCUT2D eigenvalue weighted by atomic mass is 32.2. The summed E-state index contributed by atoms with van der Waals surface area (Å²) in [5.41, 5.74) is 6.44. The van der Waals surface area contributed by atoms with E-state index in [1.165, 1.54) is 6.07 Å². The zero-order valence-electron chi connectivity index (χ0n) is 9.37. The van der Waals surface area contributed by atoms with Crippen LogP contribution in [-0.2, 0) is 22.6 Å². The minimum atomic E-state index is -3.43. The molecule has 5 nitrogen and oxygen atoms in total. The van der Waals surface area contributed by atoms with Gasteiger partial charge in [-0.15, -0.1) is 0 Å². The maximum Gasteiger partial charge on any atom is 0.186 e. The first-order valence-corrected chi connectivity index (χ1v) is 6.70. The van der Waals surface area contributed by atoms with Crippen LogP contribution >= 0.6 is 0 Å². The maximum atomic E-state index is 12.1. The largest absolute Gasteiger partial charge is 0.398 e. The molecule has 1 aromatic carbocycles. The quantitative estimate of drug-likeness (QED) is 0.825. The van der Waals surface area contributed by atoms with Crippen molar-refractivity contribution >= 4 is 15.5 Å². The molecular weight excluding hydrogens is 238 g/mol. The molecule has 17 heavy (non-hydrogen) atoms. The topological polar surface area (TPSA) is 78.0 Å². The van der Waals surface area contributed by atoms with Crippen molar-refractivity contribution in [2.45, 2.75) is 10.6 Å². The summed E-state index contributed by atoms with van der Waals surface area (Å²) in [6.45, 7) is 0. The average Bonchev–Trinajstić information content (AvgIpc) is 2.63. The molecule has 0 atom stereocenters. The molecule has 1 heterocycles. The lowest BCUT2D eigenvalue weighted by molar-refractivity contribution is 0.594. The van der Waals surface area contributed by atoms with Crippen molar-refractivity contribution in [3.63, 3.8) is 0 Å². The third kappa shape index (κ3) is 2.47. The summed E-state index contributed by atoms with van der Waals surface area (Å²) >= 11 is 0. The van der Waals surface area contributed by atoms with Crippen LogP contribution in [0.3, 0.4) is 0 Å². The maximum absolute atomic E-state index is 12.1. The highest BCUT2D eigenvalue weighted by Crippen LogP contribution is 2.21. The molecule has 0 aliphatic rings. The molecule has 0 amide bonds. The fourth-order valence-corrected chi connectivity index (χ4v) is 2.99. The highest BCUT2D eigenvalue weighted by Gasteiger charge is 2.19. The van der Waals surface area contributed by atoms with E-state index in [1.807, 2.05) is 0 Å². The Labute approximate surface area is 99.8 Å². The number of nitrogens with two attached hydrogens (primary N) is 1. The number of nitrogen functional groups attached to an aromatic ring is 1. The molecule has 2 N–H and O–H groups in total. The Morgan fingerprint density at radius 1 is 1.29 bits per heavy atom. The van der Waals surface area contributed by atoms with Gasteiger partial charge in [0.05, 0.1) is 22.0 Å². The molecule has 0 saturated heterocycles. The van der Waals surface area contributed by atoms with Crippen LogP contribution in [0.15, 0.2) is 41.4 Å². The van der Waals surface area contributed by atoms with Gasteiger partial charge in [-0.2, -0.15) is 5.10 Å². The Balaban J connectivity index is 2.35. The Morgan fingerprint density at radius 2 is 2.00 bits per heavy atom. The third-order valence-electron chi connectivity index (χ3n) is 2.36. The van der Waals surface area contributed by atoms with Gasteiger partial charge in [-0.25, -0.2) is 8.42 Å². The molecule has 2 aromatic rings. The van der Waals surface area contributed by atoms with E-state index in [0.29, 0.717) is 5.69 Å². The van der Waals surface area contributed by atoms with Gasteiger partial charge in [0.1, 0.15) is 0 Å². The first-order chi connectivity index (χ1) is 7.99. The van der Waals surface area contributed by atoms with E-state index in [0.717, 1.165) is 0 Å². The van der Waals surface area contributed by atoms with Gasteiger partial charge in [0.15, 0.2) is 9.84 Å². The average molecular weight is 251 g/mol. The molecule has 0 radical (unpaired) electrons. The Hall–Kier alpha value is -1.82. The summed E-state index contributed by atoms with van der Waals surface area (Å²) in [6, 6.07) is 8.12. The van der Waals surface area contributed by atoms with Crippen LogP contribution in [-0.4, -0.2) is 18.2 Å². The van der Waals surface area contributed by atoms with Crippen LogP contribution < -0.4 is 5.73 Å². The lowest BCUT2D eigenvalue weighted by atomic mass is 10.3. The van der Waals surface area contributed by atoms with Gasteiger partial charge < -0.3 is 5.73 Å². The normalized spacial score (nSPS) is 11.6. The zero-order chi connectivity index (χ0) is 12.5. The summed E-state index contributed by atoms with van der Waals surface area (Å²) in [4.78, 5) is 0.158. The molecular formula is C11H13N3O2S. The third-order valence-corrected chi connectivity index (χ3v) is 4.08. The van der Waals surface area contributed by atoms with E-state index >= 15 is 0 Å². The number of aryl methyl sites for hydroxylation is 1. The molecule has 0 saturated carbocycles. The zero-order valence-corrected chi connectivity index (χ0v) is 10.2. The number of hydrogen-bond acceptors (Lipinski definition) is 4. The predicted molar refractivity (Wildman–Crippen MR) is 65.0 cm³/mol. The molecule has 0 aliphatic carbocycles. The molecule has 0 fully saturated rings. The number of aromatic nitrogens is 2. The lowest BCUT2D eigenvalue weighted by Gasteiger charge is -2.05. The number of sulfone groups is 1. The molecule has 1 aromatic heterocycles. The minimum absolute atomic E-state index is 0.137. The molecule has 6 heteroatoms. The molecule has 2 rings (SSSR count). The molecule has 0 unspecified atom stereocenters. The van der Waals surface area contributed by atoms with Crippen LogP contribution in [0.4, 0.5) is 5.69 Å². The van der Waals surface area contributed by atoms with Crippen LogP contribution in [0.2, 0.25) is 0 Å². The van der Waals surface area contributed by atoms with E-state index < -0.39 is 9.84 Å². The van der Waals surface area contributed by atoms with Gasteiger partial charge in [-0.1, -0.05) is 12.1 Å². The van der Waals surface area contributed by atoms with Crippen molar-refractivity contribution < 1.29 is 8.42 Å². The van der Waals surface area contributed by atoms with Gasteiger partial charge in [0, 0.05) is 13.2 Å². The fraction of sp³-hybridized carbons (Fsp3) is 0.182. The van der Waals surface area contributed by atoms with Crippen LogP contribution in [0, 0.1) is 0 Å². The predicted octanol–water partition coefficient (Wildman–Crippen LogP) is 0.976. The summed E-state index contributed by atoms with van der Waals surface area (Å²) in [5.74, 6) is -0.137. The van der Waals surface area contributed by atoms with E-state index in [-0.39, 0.29) is 16.3 Å². The van der Waals surface area contributed by atoms with E-state index in [9.17, 15) is 8.42 Å². The summed E-state index contributed by atoms with van der Waals surface area (Å²) < 4.78 is 25.8. The SMILES string of the molecule is Cn1ccc(CS(=O)(=O)c2ccccc2N)n1. The molecule has 0 spiro atoms. The smallest absolute Gasteiger partial charge is 0.186 e. The van der Waals surface area contributed by atoms with Crippen molar-refractivity contribution in [2.75, 3.05) is 5.73 Å². The number of anilines is 1. The first-order valence-electron chi connectivity index (χ1n) is 5.05. The Kier molecular flexibility index (Phi) is 2.89. The highest BCUT2D eigenvalue weighted by molar-refractivity contribution is 7.90. The van der Waals surface area contributed by atoms with Crippen LogP contribution in [0.25, 0.3) is 0 Å². The molecule has 90 valence electrons. The van der Waals surface area contributed by atoms with Gasteiger partial charge in [0.2, 0.25) is 0 Å². The van der Waals surface area contributed by atoms with Crippen molar-refractivity contribution in [3.8, 4) is 0 Å². The summed E-state index contributed by atoms with van der Waals surface area (Å²) in [5, 5.41) is 4.05. The van der Waals surface area contributed by atoms with Crippen molar-refractivity contribution in [2.24, 2.45) is 7.05 Å². The van der Waals surface area contributed by atoms with Gasteiger partial charge in [0.25, 0.3) is 0 Å². The first kappa shape index (κ1) is 11.7. The number of nitrogens with zero attached hydrogens (tertiary/aromatic N) is 2. The van der Waals surface area contributed by atoms with E-state index in [1.54, 1.807) is 42.2 Å². The second-order valence-electron chi connectivity index (χ2n) is 3.78. The number of hydrogen-bond donors (Lipinski definition) is 1. The van der Waals surface area contributed by atoms with E-state index in [4.69, 9.17) is 5.73 Å². The summed E-state index contributed by atoms with van der Waals surface area (Å²) in [7, 11) is -1.69. The standard InChI is InChI=1S/C11H13N3O2S/c1-14-7-6-9(13-14)8-17(15,16)11-5-3-2-4-10(11)12/h2-7H,8,12H2,1H3. The van der Waals surface area contributed by atoms with Crippen molar-refractivity contribution in [1.29, 1.82) is 0 Å². The lowest BCUT2D eigenvalue weighted by Crippen LogP contribution is -2.08. The number of para-hydroxylation sites is 1. The van der Waals surface area contributed by atoms with Crippen molar-refractivity contribution in [1.82, 2.24) is 9.78 Å². The van der Waals surface area contributed by atoms with Gasteiger partial charge in [-0.3, -0.25) is 4.68 Å². The molecule has 0 aliphatic heterocycles. The summed E-state index contributed by atoms with van der Waals surface area (Å²) in [6.07, 6.45) is 1.71. The van der Waals surface area contributed by atoms with Crippen molar-refractivity contribution in [3.05, 3.63) is 42.2 Å². The Morgan fingerprint density at radius 3 is 2.59 bits per heavy atom. The number of benzene rings is 1. The second kappa shape index (κ2) is 4.21. The van der Waals surface area contributed by atoms with Gasteiger partial charge >= 0.3 is 0 Å². The van der Waals surface area contributed by atoms with E-state index in [2.05, 4.69) is 5.10 Å². The fourth-order valence-electron chi connectivity index (χ4n) is 1.58. The van der Waals surface area contributed by atoms with Gasteiger partial charge in [-0.05, 0) is 18.2 Å². The van der Waals surface area contributed by atoms with Crippen LogP contribution in [0.1, 0.15) is 5.69 Å². The second-order valence-corrected chi connectivity index (χ2v) is 5.74. The minimum Gasteiger partial charge on any atom is -0.398 e. The molecule has 0 bridgehead atoms. The number of rotatable bonds is 3. The van der Waals surface area contributed by atoms with Crippen LogP contribution in [0.5, 0.6) is 0 Å². The Bertz CT molecular complexity index is 632. The monoisotopic (exact) mass is 251 g/mol.